The van der Waals surface area contributed by atoms with E-state index in [4.69, 9.17) is 0 Å². The van der Waals surface area contributed by atoms with Gasteiger partial charge in [-0.05, 0) is 81.5 Å². The summed E-state index contributed by atoms with van der Waals surface area (Å²) in [6, 6.07) is 16.0. The van der Waals surface area contributed by atoms with Gasteiger partial charge in [0.05, 0.1) is 22.5 Å². The van der Waals surface area contributed by atoms with E-state index >= 15 is 0 Å². The van der Waals surface area contributed by atoms with E-state index in [1.165, 1.54) is 0 Å². The number of ketones is 2. The average molecular weight is 555 g/mol. The Balaban J connectivity index is 1.74. The molecule has 8 heteroatoms. The first kappa shape index (κ1) is 27.3. The smallest absolute Gasteiger partial charge is 0.295 e. The first-order valence-electron chi connectivity index (χ1n) is 12.8. The highest BCUT2D eigenvalue weighted by atomic mass is 32.2. The topological polar surface area (TPSA) is 113 Å². The van der Waals surface area contributed by atoms with Crippen molar-refractivity contribution in [3.63, 3.8) is 0 Å². The second-order valence-corrected chi connectivity index (χ2v) is 11.8. The summed E-state index contributed by atoms with van der Waals surface area (Å²) >= 11 is 0. The number of fused-ring (bicyclic) bond motifs is 2. The highest BCUT2D eigenvalue weighted by Gasteiger charge is 2.34. The lowest BCUT2D eigenvalue weighted by Crippen LogP contribution is -2.23. The molecule has 1 aliphatic carbocycles. The van der Waals surface area contributed by atoms with Crippen LogP contribution in [0, 0.1) is 41.5 Å². The van der Waals surface area contributed by atoms with Crippen LogP contribution in [0.15, 0.2) is 59.5 Å². The Kier molecular flexibility index (Phi) is 6.64. The van der Waals surface area contributed by atoms with Crippen molar-refractivity contribution in [2.45, 2.75) is 46.4 Å². The summed E-state index contributed by atoms with van der Waals surface area (Å²) in [6.07, 6.45) is 0. The number of carbonyl (C=O) groups excluding carboxylic acids is 2. The predicted octanol–water partition coefficient (Wildman–Crippen LogP) is 7.05. The largest absolute Gasteiger partial charge is 0.354 e. The molecular formula is C32H30N2O5S. The Labute approximate surface area is 234 Å². The van der Waals surface area contributed by atoms with E-state index in [0.29, 0.717) is 39.3 Å². The molecule has 0 bridgehead atoms. The molecule has 0 saturated heterocycles. The molecule has 4 aromatic rings. The van der Waals surface area contributed by atoms with E-state index in [1.807, 2.05) is 27.7 Å². The molecule has 1 aliphatic rings. The molecule has 7 nitrogen and oxygen atoms in total. The van der Waals surface area contributed by atoms with Gasteiger partial charge in [0, 0.05) is 22.5 Å². The van der Waals surface area contributed by atoms with Crippen LogP contribution in [-0.4, -0.2) is 24.5 Å². The van der Waals surface area contributed by atoms with E-state index in [9.17, 15) is 22.6 Å². The number of hydrogen-bond acceptors (Lipinski definition) is 6. The Hall–Kier alpha value is -4.27. The van der Waals surface area contributed by atoms with Crippen molar-refractivity contribution in [2.75, 3.05) is 10.6 Å². The summed E-state index contributed by atoms with van der Waals surface area (Å²) in [5.41, 5.74) is 7.81. The summed E-state index contributed by atoms with van der Waals surface area (Å²) in [5.74, 6) is -0.596. The van der Waals surface area contributed by atoms with Gasteiger partial charge in [-0.1, -0.05) is 48.0 Å². The van der Waals surface area contributed by atoms with Crippen molar-refractivity contribution in [1.29, 1.82) is 0 Å². The summed E-state index contributed by atoms with van der Waals surface area (Å²) in [4.78, 5) is 27.7. The molecule has 0 unspecified atom stereocenters. The standard InChI is InChI=1S/C32H30N2O5S/c1-16-13-17(2)28(18(3)14-16)33-24-11-12-25(27-26(24)30(35)22-9-7-8-10-23(22)31(27)36)34-29-19(4)15-20(5)32(21(29)6)40(37,38)39/h7-15,33-34H,1-6H3,(H,37,38,39). The molecular weight excluding hydrogens is 524 g/mol. The molecule has 0 radical (unpaired) electrons. The summed E-state index contributed by atoms with van der Waals surface area (Å²) in [7, 11) is -4.50. The quantitative estimate of drug-likeness (QED) is 0.200. The van der Waals surface area contributed by atoms with Crippen LogP contribution in [-0.2, 0) is 10.1 Å². The van der Waals surface area contributed by atoms with Crippen molar-refractivity contribution in [3.8, 4) is 0 Å². The van der Waals surface area contributed by atoms with Crippen LogP contribution >= 0.6 is 0 Å². The van der Waals surface area contributed by atoms with E-state index in [1.54, 1.807) is 56.3 Å². The van der Waals surface area contributed by atoms with Gasteiger partial charge in [0.1, 0.15) is 4.90 Å². The van der Waals surface area contributed by atoms with E-state index in [0.717, 1.165) is 27.9 Å². The van der Waals surface area contributed by atoms with Crippen molar-refractivity contribution in [2.24, 2.45) is 0 Å². The van der Waals surface area contributed by atoms with Crippen molar-refractivity contribution in [3.05, 3.63) is 110 Å². The third kappa shape index (κ3) is 4.49. The first-order valence-corrected chi connectivity index (χ1v) is 14.3. The van der Waals surface area contributed by atoms with Gasteiger partial charge in [0.25, 0.3) is 10.1 Å². The zero-order valence-electron chi connectivity index (χ0n) is 23.2. The predicted molar refractivity (Wildman–Crippen MR) is 157 cm³/mol. The van der Waals surface area contributed by atoms with Crippen LogP contribution in [0.3, 0.4) is 0 Å². The van der Waals surface area contributed by atoms with Gasteiger partial charge in [-0.2, -0.15) is 8.42 Å². The number of benzene rings is 4. The summed E-state index contributed by atoms with van der Waals surface area (Å²) in [6.45, 7) is 11.0. The number of anilines is 4. The number of hydrogen-bond donors (Lipinski definition) is 3. The van der Waals surface area contributed by atoms with Gasteiger partial charge in [0.15, 0.2) is 11.6 Å². The van der Waals surface area contributed by atoms with Gasteiger partial charge in [-0.15, -0.1) is 0 Å². The molecule has 0 aromatic heterocycles. The fourth-order valence-electron chi connectivity index (χ4n) is 5.83. The molecule has 204 valence electrons. The maximum absolute atomic E-state index is 13.9. The van der Waals surface area contributed by atoms with Crippen LogP contribution in [0.25, 0.3) is 0 Å². The van der Waals surface area contributed by atoms with E-state index < -0.39 is 10.1 Å². The second-order valence-electron chi connectivity index (χ2n) is 10.5. The number of carbonyl (C=O) groups is 2. The van der Waals surface area contributed by atoms with E-state index in [-0.39, 0.29) is 27.6 Å². The second kappa shape index (κ2) is 9.73. The van der Waals surface area contributed by atoms with Crippen molar-refractivity contribution < 1.29 is 22.6 Å². The summed E-state index contributed by atoms with van der Waals surface area (Å²) in [5, 5.41) is 6.65. The average Bonchev–Trinajstić information content (AvgIpc) is 2.86. The monoisotopic (exact) mass is 554 g/mol. The lowest BCUT2D eigenvalue weighted by atomic mass is 9.82. The third-order valence-corrected chi connectivity index (χ3v) is 8.58. The summed E-state index contributed by atoms with van der Waals surface area (Å²) < 4.78 is 34.2. The lowest BCUT2D eigenvalue weighted by Gasteiger charge is -2.26. The van der Waals surface area contributed by atoms with Gasteiger partial charge in [0.2, 0.25) is 0 Å². The lowest BCUT2D eigenvalue weighted by molar-refractivity contribution is 0.0980. The number of rotatable bonds is 5. The molecule has 3 N–H and O–H groups in total. The molecule has 0 aliphatic heterocycles. The van der Waals surface area contributed by atoms with Gasteiger partial charge < -0.3 is 10.6 Å². The maximum Gasteiger partial charge on any atom is 0.295 e. The zero-order chi connectivity index (χ0) is 29.1. The zero-order valence-corrected chi connectivity index (χ0v) is 24.0. The molecule has 4 aromatic carbocycles. The highest BCUT2D eigenvalue weighted by Crippen LogP contribution is 2.41. The molecule has 0 amide bonds. The Morgan fingerprint density at radius 1 is 0.625 bits per heavy atom. The SMILES string of the molecule is Cc1cc(C)c(Nc2ccc(Nc3c(C)cc(C)c(S(=O)(=O)O)c3C)c3c2C(=O)c2ccccc2C3=O)c(C)c1. The fourth-order valence-corrected chi connectivity index (χ4v) is 6.79. The van der Waals surface area contributed by atoms with Crippen LogP contribution in [0.5, 0.6) is 0 Å². The molecule has 0 saturated carbocycles. The molecule has 0 spiro atoms. The maximum atomic E-state index is 13.9. The van der Waals surface area contributed by atoms with Crippen LogP contribution in [0.1, 0.15) is 65.2 Å². The van der Waals surface area contributed by atoms with Crippen LogP contribution < -0.4 is 10.6 Å². The van der Waals surface area contributed by atoms with Crippen molar-refractivity contribution >= 4 is 44.4 Å². The van der Waals surface area contributed by atoms with Crippen LogP contribution in [0.2, 0.25) is 0 Å². The Morgan fingerprint density at radius 3 is 1.55 bits per heavy atom. The number of nitrogens with one attached hydrogen (secondary N) is 2. The van der Waals surface area contributed by atoms with Gasteiger partial charge in [-0.3, -0.25) is 14.1 Å². The molecule has 0 heterocycles. The minimum Gasteiger partial charge on any atom is -0.354 e. The minimum absolute atomic E-state index is 0.189. The van der Waals surface area contributed by atoms with Crippen molar-refractivity contribution in [1.82, 2.24) is 0 Å². The van der Waals surface area contributed by atoms with Crippen LogP contribution in [0.4, 0.5) is 22.7 Å². The Morgan fingerprint density at radius 2 is 1.07 bits per heavy atom. The minimum atomic E-state index is -4.50. The number of aryl methyl sites for hydroxylation is 5. The highest BCUT2D eigenvalue weighted by molar-refractivity contribution is 7.86. The van der Waals surface area contributed by atoms with Gasteiger partial charge >= 0.3 is 0 Å². The van der Waals surface area contributed by atoms with Gasteiger partial charge in [-0.25, -0.2) is 0 Å². The third-order valence-electron chi connectivity index (χ3n) is 7.43. The van der Waals surface area contributed by atoms with E-state index in [2.05, 4.69) is 22.8 Å². The fraction of sp³-hybridized carbons (Fsp3) is 0.188. The normalized spacial score (nSPS) is 12.7. The molecule has 0 atom stereocenters. The molecule has 40 heavy (non-hydrogen) atoms. The molecule has 5 rings (SSSR count). The Bertz CT molecular complexity index is 1850. The first-order chi connectivity index (χ1) is 18.8. The molecule has 0 fully saturated rings.